The van der Waals surface area contributed by atoms with Crippen LogP contribution in [0.4, 0.5) is 17.6 Å². The van der Waals surface area contributed by atoms with Crippen molar-refractivity contribution in [2.24, 2.45) is 0 Å². The molecule has 0 heterocycles. The summed E-state index contributed by atoms with van der Waals surface area (Å²) < 4.78 is 51.2. The van der Waals surface area contributed by atoms with Crippen LogP contribution in [0.1, 0.15) is 17.3 Å². The van der Waals surface area contributed by atoms with E-state index in [4.69, 9.17) is 16.7 Å². The van der Waals surface area contributed by atoms with Gasteiger partial charge in [0.05, 0.1) is 5.02 Å². The Bertz CT molecular complexity index is 561. The number of halogens is 5. The molecule has 1 unspecified atom stereocenters. The van der Waals surface area contributed by atoms with Crippen LogP contribution in [0.15, 0.2) is 18.2 Å². The number of carboxylic acid groups (broad SMARTS) is 1. The summed E-state index contributed by atoms with van der Waals surface area (Å²) in [5.74, 6) is -4.68. The van der Waals surface area contributed by atoms with Gasteiger partial charge < -0.3 is 10.4 Å². The van der Waals surface area contributed by atoms with Gasteiger partial charge in [0.2, 0.25) is 5.54 Å². The Morgan fingerprint density at radius 1 is 1.30 bits per heavy atom. The minimum absolute atomic E-state index is 0.291. The molecule has 110 valence electrons. The third-order valence-corrected chi connectivity index (χ3v) is 2.85. The predicted molar refractivity (Wildman–Crippen MR) is 61.0 cm³/mol. The van der Waals surface area contributed by atoms with Gasteiger partial charge in [-0.3, -0.25) is 4.79 Å². The third kappa shape index (κ3) is 3.01. The van der Waals surface area contributed by atoms with Gasteiger partial charge in [-0.05, 0) is 25.1 Å². The first-order valence-corrected chi connectivity index (χ1v) is 5.44. The molecule has 1 amide bonds. The number of hydrogen-bond donors (Lipinski definition) is 2. The maximum atomic E-state index is 13.1. The van der Waals surface area contributed by atoms with Crippen molar-refractivity contribution in [2.45, 2.75) is 18.6 Å². The van der Waals surface area contributed by atoms with E-state index in [2.05, 4.69) is 0 Å². The summed E-state index contributed by atoms with van der Waals surface area (Å²) in [6, 6.07) is 2.55. The molecule has 0 radical (unpaired) electrons. The standard InChI is InChI=1S/C11H8ClF4NO3/c1-10(9(19)20,11(14,15)16)17-8(18)5-2-3-6(12)7(13)4-5/h2-4H,1H3,(H,17,18)(H,19,20). The van der Waals surface area contributed by atoms with E-state index in [1.807, 2.05) is 0 Å². The highest BCUT2D eigenvalue weighted by Crippen LogP contribution is 2.30. The fourth-order valence-electron chi connectivity index (χ4n) is 1.18. The van der Waals surface area contributed by atoms with Crippen LogP contribution < -0.4 is 5.32 Å². The van der Waals surface area contributed by atoms with Gasteiger partial charge in [0, 0.05) is 5.56 Å². The number of carbonyl (C=O) groups is 2. The summed E-state index contributed by atoms with van der Waals surface area (Å²) in [5.41, 5.74) is -3.97. The normalized spacial score (nSPS) is 14.5. The van der Waals surface area contributed by atoms with Gasteiger partial charge >= 0.3 is 12.1 Å². The molecule has 4 nitrogen and oxygen atoms in total. The fourth-order valence-corrected chi connectivity index (χ4v) is 1.30. The molecule has 0 aliphatic carbocycles. The molecule has 2 N–H and O–H groups in total. The lowest BCUT2D eigenvalue weighted by molar-refractivity contribution is -0.203. The lowest BCUT2D eigenvalue weighted by Gasteiger charge is -2.28. The SMILES string of the molecule is CC(NC(=O)c1ccc(Cl)c(F)c1)(C(=O)O)C(F)(F)F. The lowest BCUT2D eigenvalue weighted by Crippen LogP contribution is -2.61. The number of carboxylic acids is 1. The summed E-state index contributed by atoms with van der Waals surface area (Å²) in [6.07, 6.45) is -5.22. The van der Waals surface area contributed by atoms with Crippen molar-refractivity contribution in [2.75, 3.05) is 0 Å². The van der Waals surface area contributed by atoms with E-state index in [1.54, 1.807) is 0 Å². The molecule has 1 aromatic carbocycles. The molecule has 0 saturated heterocycles. The zero-order valence-electron chi connectivity index (χ0n) is 9.89. The first-order chi connectivity index (χ1) is 8.99. The Morgan fingerprint density at radius 2 is 1.85 bits per heavy atom. The van der Waals surface area contributed by atoms with Crippen LogP contribution in [0.2, 0.25) is 5.02 Å². The van der Waals surface area contributed by atoms with Crippen molar-refractivity contribution >= 4 is 23.5 Å². The Morgan fingerprint density at radius 3 is 2.25 bits per heavy atom. The molecule has 0 aliphatic rings. The van der Waals surface area contributed by atoms with E-state index in [0.29, 0.717) is 13.0 Å². The van der Waals surface area contributed by atoms with Crippen LogP contribution in [0.3, 0.4) is 0 Å². The Kier molecular flexibility index (Phi) is 4.28. The minimum Gasteiger partial charge on any atom is -0.479 e. The van der Waals surface area contributed by atoms with Crippen LogP contribution in [0.25, 0.3) is 0 Å². The second-order valence-electron chi connectivity index (χ2n) is 4.01. The summed E-state index contributed by atoms with van der Waals surface area (Å²) in [7, 11) is 0. The smallest absolute Gasteiger partial charge is 0.422 e. The average molecular weight is 314 g/mol. The molecular formula is C11H8ClF4NO3. The summed E-state index contributed by atoms with van der Waals surface area (Å²) in [5, 5.41) is 9.63. The molecule has 0 saturated carbocycles. The van der Waals surface area contributed by atoms with Crippen LogP contribution in [0.5, 0.6) is 0 Å². The highest BCUT2D eigenvalue weighted by molar-refractivity contribution is 6.30. The van der Waals surface area contributed by atoms with Crippen LogP contribution in [-0.2, 0) is 4.79 Å². The van der Waals surface area contributed by atoms with Crippen molar-refractivity contribution in [3.8, 4) is 0 Å². The minimum atomic E-state index is -5.22. The Hall–Kier alpha value is -1.83. The lowest BCUT2D eigenvalue weighted by atomic mass is 10.0. The predicted octanol–water partition coefficient (Wildman–Crippen LogP) is 2.61. The molecule has 0 aromatic heterocycles. The quantitative estimate of drug-likeness (QED) is 0.843. The molecular weight excluding hydrogens is 306 g/mol. The maximum Gasteiger partial charge on any atom is 0.422 e. The van der Waals surface area contributed by atoms with Crippen LogP contribution in [0, 0.1) is 5.82 Å². The topological polar surface area (TPSA) is 66.4 Å². The van der Waals surface area contributed by atoms with E-state index in [1.165, 1.54) is 5.32 Å². The monoisotopic (exact) mass is 313 g/mol. The van der Waals surface area contributed by atoms with E-state index in [-0.39, 0.29) is 5.02 Å². The number of benzene rings is 1. The largest absolute Gasteiger partial charge is 0.479 e. The zero-order chi connectivity index (χ0) is 15.7. The number of nitrogens with one attached hydrogen (secondary N) is 1. The first-order valence-electron chi connectivity index (χ1n) is 5.06. The van der Waals surface area contributed by atoms with Crippen molar-refractivity contribution in [1.82, 2.24) is 5.32 Å². The molecule has 0 aliphatic heterocycles. The Balaban J connectivity index is 3.09. The number of carbonyl (C=O) groups excluding carboxylic acids is 1. The number of aliphatic carboxylic acids is 1. The second-order valence-corrected chi connectivity index (χ2v) is 4.42. The van der Waals surface area contributed by atoms with Gasteiger partial charge in [-0.1, -0.05) is 11.6 Å². The molecule has 1 rings (SSSR count). The van der Waals surface area contributed by atoms with Crippen LogP contribution >= 0.6 is 11.6 Å². The highest BCUT2D eigenvalue weighted by atomic mass is 35.5. The Labute approximate surface area is 115 Å². The summed E-state index contributed by atoms with van der Waals surface area (Å²) in [4.78, 5) is 22.3. The summed E-state index contributed by atoms with van der Waals surface area (Å²) in [6.45, 7) is 0.291. The van der Waals surface area contributed by atoms with Gasteiger partial charge in [0.25, 0.3) is 5.91 Å². The van der Waals surface area contributed by atoms with E-state index in [0.717, 1.165) is 12.1 Å². The van der Waals surface area contributed by atoms with Gasteiger partial charge in [-0.25, -0.2) is 9.18 Å². The molecule has 1 atom stereocenters. The van der Waals surface area contributed by atoms with Crippen molar-refractivity contribution in [1.29, 1.82) is 0 Å². The van der Waals surface area contributed by atoms with Crippen molar-refractivity contribution in [3.05, 3.63) is 34.6 Å². The first kappa shape index (κ1) is 16.2. The number of rotatable bonds is 3. The molecule has 0 spiro atoms. The van der Waals surface area contributed by atoms with Gasteiger partial charge in [0.15, 0.2) is 0 Å². The van der Waals surface area contributed by atoms with E-state index < -0.39 is 35.0 Å². The summed E-state index contributed by atoms with van der Waals surface area (Å²) >= 11 is 5.36. The molecule has 0 fully saturated rings. The van der Waals surface area contributed by atoms with Gasteiger partial charge in [0.1, 0.15) is 5.82 Å². The fraction of sp³-hybridized carbons (Fsp3) is 0.273. The third-order valence-electron chi connectivity index (χ3n) is 2.54. The molecule has 20 heavy (non-hydrogen) atoms. The number of alkyl halides is 3. The zero-order valence-corrected chi connectivity index (χ0v) is 10.6. The van der Waals surface area contributed by atoms with E-state index in [9.17, 15) is 27.2 Å². The average Bonchev–Trinajstić information content (AvgIpc) is 2.30. The second kappa shape index (κ2) is 5.28. The molecule has 1 aromatic rings. The van der Waals surface area contributed by atoms with Crippen molar-refractivity contribution < 1.29 is 32.3 Å². The molecule has 0 bridgehead atoms. The number of hydrogen-bond acceptors (Lipinski definition) is 2. The van der Waals surface area contributed by atoms with Gasteiger partial charge in [-0.2, -0.15) is 13.2 Å². The molecule has 9 heteroatoms. The van der Waals surface area contributed by atoms with Crippen molar-refractivity contribution in [3.63, 3.8) is 0 Å². The van der Waals surface area contributed by atoms with E-state index >= 15 is 0 Å². The van der Waals surface area contributed by atoms with Crippen LogP contribution in [-0.4, -0.2) is 28.7 Å². The maximum absolute atomic E-state index is 13.1. The highest BCUT2D eigenvalue weighted by Gasteiger charge is 2.58. The van der Waals surface area contributed by atoms with Gasteiger partial charge in [-0.15, -0.1) is 0 Å². The number of amides is 1.